The van der Waals surface area contributed by atoms with E-state index in [1.165, 1.54) is 55.2 Å². The summed E-state index contributed by atoms with van der Waals surface area (Å²) in [4.78, 5) is 0. The Morgan fingerprint density at radius 1 is 1.25 bits per heavy atom. The van der Waals surface area contributed by atoms with Gasteiger partial charge in [-0.05, 0) is 68.2 Å². The van der Waals surface area contributed by atoms with Crippen LogP contribution in [-0.2, 0) is 19.3 Å². The maximum Gasteiger partial charge on any atom is 0.140 e. The Hall–Kier alpha value is -0.730. The Morgan fingerprint density at radius 3 is 2.85 bits per heavy atom. The molecule has 1 aromatic carbocycles. The summed E-state index contributed by atoms with van der Waals surface area (Å²) in [6.45, 7) is 1.14. The van der Waals surface area contributed by atoms with Crippen LogP contribution in [0.5, 0.6) is 5.75 Å². The molecule has 1 fully saturated rings. The summed E-state index contributed by atoms with van der Waals surface area (Å²) in [5.41, 5.74) is 4.07. The summed E-state index contributed by atoms with van der Waals surface area (Å²) in [5, 5.41) is 4.49. The van der Waals surface area contributed by atoms with Crippen molar-refractivity contribution in [3.8, 4) is 5.75 Å². The average Bonchev–Trinajstić information content (AvgIpc) is 2.49. The van der Waals surface area contributed by atoms with E-state index in [9.17, 15) is 0 Å². The van der Waals surface area contributed by atoms with Crippen LogP contribution in [0.1, 0.15) is 48.8 Å². The smallest absolute Gasteiger partial charge is 0.140 e. The molecule has 110 valence electrons. The molecule has 0 saturated carbocycles. The number of benzene rings is 1. The van der Waals surface area contributed by atoms with Crippen LogP contribution in [0.15, 0.2) is 6.07 Å². The highest BCUT2D eigenvalue weighted by molar-refractivity contribution is 6.33. The molecule has 1 heterocycles. The highest BCUT2D eigenvalue weighted by Gasteiger charge is 2.22. The fourth-order valence-corrected chi connectivity index (χ4v) is 4.04. The Labute approximate surface area is 126 Å². The molecule has 1 unspecified atom stereocenters. The van der Waals surface area contributed by atoms with Gasteiger partial charge >= 0.3 is 0 Å². The fraction of sp³-hybridized carbons (Fsp3) is 0.647. The van der Waals surface area contributed by atoms with Gasteiger partial charge in [-0.2, -0.15) is 0 Å². The van der Waals surface area contributed by atoms with Gasteiger partial charge in [0.1, 0.15) is 5.75 Å². The number of aryl methyl sites for hydroxylation is 1. The summed E-state index contributed by atoms with van der Waals surface area (Å²) in [6, 6.07) is 2.94. The lowest BCUT2D eigenvalue weighted by atomic mass is 9.87. The minimum Gasteiger partial charge on any atom is -0.495 e. The zero-order valence-electron chi connectivity index (χ0n) is 12.3. The van der Waals surface area contributed by atoms with E-state index in [1.54, 1.807) is 7.11 Å². The highest BCUT2D eigenvalue weighted by Crippen LogP contribution is 2.38. The molecule has 1 aromatic rings. The molecule has 2 nitrogen and oxygen atoms in total. The standard InChI is InChI=1S/C17H24ClNO/c1-20-17-13(11-14-7-4-5-9-19-14)10-12-6-2-3-8-15(12)16(17)18/h10,14,19H,2-9,11H2,1H3. The van der Waals surface area contributed by atoms with Crippen molar-refractivity contribution < 1.29 is 4.74 Å². The Kier molecular flexibility index (Phi) is 4.52. The van der Waals surface area contributed by atoms with E-state index in [1.807, 2.05) is 0 Å². The van der Waals surface area contributed by atoms with E-state index in [0.29, 0.717) is 6.04 Å². The van der Waals surface area contributed by atoms with Crippen molar-refractivity contribution in [1.82, 2.24) is 5.32 Å². The number of methoxy groups -OCH3 is 1. The molecule has 1 aliphatic carbocycles. The third-order valence-electron chi connectivity index (χ3n) is 4.70. The quantitative estimate of drug-likeness (QED) is 0.912. The maximum atomic E-state index is 6.60. The molecule has 1 N–H and O–H groups in total. The molecule has 0 aromatic heterocycles. The van der Waals surface area contributed by atoms with Crippen molar-refractivity contribution in [1.29, 1.82) is 0 Å². The van der Waals surface area contributed by atoms with Gasteiger partial charge in [0.2, 0.25) is 0 Å². The highest BCUT2D eigenvalue weighted by atomic mass is 35.5. The van der Waals surface area contributed by atoms with Crippen LogP contribution in [0, 0.1) is 0 Å². The summed E-state index contributed by atoms with van der Waals surface area (Å²) in [6.07, 6.45) is 9.75. The third kappa shape index (κ3) is 2.82. The number of hydrogen-bond acceptors (Lipinski definition) is 2. The van der Waals surface area contributed by atoms with Crippen molar-refractivity contribution >= 4 is 11.6 Å². The number of piperidine rings is 1. The van der Waals surface area contributed by atoms with Crippen LogP contribution in [0.4, 0.5) is 0 Å². The molecule has 0 amide bonds. The lowest BCUT2D eigenvalue weighted by molar-refractivity contribution is 0.381. The van der Waals surface area contributed by atoms with E-state index in [2.05, 4.69) is 11.4 Å². The first-order valence-electron chi connectivity index (χ1n) is 7.90. The molecule has 0 bridgehead atoms. The number of ether oxygens (including phenoxy) is 1. The van der Waals surface area contributed by atoms with Crippen LogP contribution >= 0.6 is 11.6 Å². The van der Waals surface area contributed by atoms with E-state index >= 15 is 0 Å². The van der Waals surface area contributed by atoms with Crippen LogP contribution in [0.3, 0.4) is 0 Å². The van der Waals surface area contributed by atoms with Crippen LogP contribution in [0.2, 0.25) is 5.02 Å². The normalized spacial score (nSPS) is 22.4. The lowest BCUT2D eigenvalue weighted by Crippen LogP contribution is -2.35. The average molecular weight is 294 g/mol. The monoisotopic (exact) mass is 293 g/mol. The third-order valence-corrected chi connectivity index (χ3v) is 5.10. The van der Waals surface area contributed by atoms with E-state index in [-0.39, 0.29) is 0 Å². The SMILES string of the molecule is COc1c(CC2CCCCN2)cc2c(c1Cl)CCCC2. The molecule has 1 atom stereocenters. The minimum atomic E-state index is 0.579. The van der Waals surface area contributed by atoms with Gasteiger partial charge in [-0.15, -0.1) is 0 Å². The predicted molar refractivity (Wildman–Crippen MR) is 84.0 cm³/mol. The lowest BCUT2D eigenvalue weighted by Gasteiger charge is -2.26. The molecule has 3 heteroatoms. The zero-order chi connectivity index (χ0) is 13.9. The maximum absolute atomic E-state index is 6.60. The Morgan fingerprint density at radius 2 is 2.10 bits per heavy atom. The molecule has 1 aliphatic heterocycles. The van der Waals surface area contributed by atoms with Crippen molar-refractivity contribution in [2.75, 3.05) is 13.7 Å². The second-order valence-corrected chi connectivity index (χ2v) is 6.46. The van der Waals surface area contributed by atoms with Crippen LogP contribution in [0.25, 0.3) is 0 Å². The summed E-state index contributed by atoms with van der Waals surface area (Å²) < 4.78 is 5.62. The van der Waals surface area contributed by atoms with Crippen LogP contribution in [-0.4, -0.2) is 19.7 Å². The van der Waals surface area contributed by atoms with E-state index < -0.39 is 0 Å². The van der Waals surface area contributed by atoms with Gasteiger partial charge in [0.25, 0.3) is 0 Å². The van der Waals surface area contributed by atoms with Gasteiger partial charge < -0.3 is 10.1 Å². The molecule has 0 radical (unpaired) electrons. The topological polar surface area (TPSA) is 21.3 Å². The van der Waals surface area contributed by atoms with Gasteiger partial charge in [0.15, 0.2) is 0 Å². The van der Waals surface area contributed by atoms with Gasteiger partial charge in [-0.3, -0.25) is 0 Å². The number of fused-ring (bicyclic) bond motifs is 1. The molecule has 2 aliphatic rings. The fourth-order valence-electron chi connectivity index (χ4n) is 3.63. The number of rotatable bonds is 3. The van der Waals surface area contributed by atoms with Gasteiger partial charge in [-0.1, -0.05) is 24.1 Å². The van der Waals surface area contributed by atoms with Crippen molar-refractivity contribution in [3.63, 3.8) is 0 Å². The first kappa shape index (κ1) is 14.2. The Bertz CT molecular complexity index is 480. The largest absolute Gasteiger partial charge is 0.495 e. The number of halogens is 1. The number of hydrogen-bond donors (Lipinski definition) is 1. The van der Waals surface area contributed by atoms with Crippen molar-refractivity contribution in [3.05, 3.63) is 27.8 Å². The minimum absolute atomic E-state index is 0.579. The zero-order valence-corrected chi connectivity index (χ0v) is 13.1. The van der Waals surface area contributed by atoms with Gasteiger partial charge in [0.05, 0.1) is 12.1 Å². The molecular weight excluding hydrogens is 270 g/mol. The van der Waals surface area contributed by atoms with Crippen molar-refractivity contribution in [2.24, 2.45) is 0 Å². The summed E-state index contributed by atoms with van der Waals surface area (Å²) in [7, 11) is 1.74. The molecular formula is C17H24ClNO. The second kappa shape index (κ2) is 6.36. The first-order valence-corrected chi connectivity index (χ1v) is 8.28. The first-order chi connectivity index (χ1) is 9.79. The van der Waals surface area contributed by atoms with E-state index in [0.717, 1.165) is 30.2 Å². The summed E-state index contributed by atoms with van der Waals surface area (Å²) in [5.74, 6) is 0.916. The molecule has 3 rings (SSSR count). The van der Waals surface area contributed by atoms with Gasteiger partial charge in [-0.25, -0.2) is 0 Å². The van der Waals surface area contributed by atoms with Gasteiger partial charge in [0, 0.05) is 6.04 Å². The Balaban J connectivity index is 1.90. The van der Waals surface area contributed by atoms with Crippen LogP contribution < -0.4 is 10.1 Å². The predicted octanol–water partition coefficient (Wildman–Crippen LogP) is 3.91. The second-order valence-electron chi connectivity index (χ2n) is 6.08. The molecule has 20 heavy (non-hydrogen) atoms. The number of nitrogens with one attached hydrogen (secondary N) is 1. The molecule has 1 saturated heterocycles. The molecule has 0 spiro atoms. The van der Waals surface area contributed by atoms with E-state index in [4.69, 9.17) is 16.3 Å². The van der Waals surface area contributed by atoms with Crippen molar-refractivity contribution in [2.45, 2.75) is 57.4 Å². The summed E-state index contributed by atoms with van der Waals surface area (Å²) >= 11 is 6.60.